The van der Waals surface area contributed by atoms with Crippen LogP contribution in [0, 0.1) is 0 Å². The molecule has 41 heavy (non-hydrogen) atoms. The first-order valence-electron chi connectivity index (χ1n) is 13.2. The number of carbonyl (C=O) groups is 1. The molecule has 0 radical (unpaired) electrons. The van der Waals surface area contributed by atoms with Crippen LogP contribution in [-0.2, 0) is 6.54 Å². The van der Waals surface area contributed by atoms with Crippen molar-refractivity contribution in [3.05, 3.63) is 54.1 Å². The van der Waals surface area contributed by atoms with Crippen molar-refractivity contribution >= 4 is 39.8 Å². The Bertz CT molecular complexity index is 1740. The SMILES string of the molecule is COc1ccc(OC)c(Cn2c(OC(=O)O)c(-c3ccc4nsnc4c3)c3cc(OC)c(OC4CCCC4)cc32)c1. The summed E-state index contributed by atoms with van der Waals surface area (Å²) < 4.78 is 39.4. The molecule has 5 aromatic rings. The van der Waals surface area contributed by atoms with Gasteiger partial charge < -0.3 is 33.4 Å². The van der Waals surface area contributed by atoms with Gasteiger partial charge in [-0.15, -0.1) is 0 Å². The second-order valence-corrected chi connectivity index (χ2v) is 10.4. The van der Waals surface area contributed by atoms with Crippen LogP contribution in [0.15, 0.2) is 48.5 Å². The van der Waals surface area contributed by atoms with E-state index in [4.69, 9.17) is 23.7 Å². The van der Waals surface area contributed by atoms with Crippen LogP contribution in [-0.4, -0.2) is 52.0 Å². The highest BCUT2D eigenvalue weighted by molar-refractivity contribution is 7.00. The first kappa shape index (κ1) is 26.7. The summed E-state index contributed by atoms with van der Waals surface area (Å²) in [5.41, 5.74) is 4.27. The first-order chi connectivity index (χ1) is 20.0. The molecule has 1 fully saturated rings. The van der Waals surface area contributed by atoms with Crippen molar-refractivity contribution in [1.82, 2.24) is 13.3 Å². The number of fused-ring (bicyclic) bond motifs is 2. The zero-order chi connectivity index (χ0) is 28.5. The molecular formula is C30H29N3O7S. The van der Waals surface area contributed by atoms with E-state index in [-0.39, 0.29) is 18.5 Å². The zero-order valence-corrected chi connectivity index (χ0v) is 23.7. The number of carboxylic acid groups (broad SMARTS) is 1. The van der Waals surface area contributed by atoms with Gasteiger partial charge in [0.2, 0.25) is 5.88 Å². The summed E-state index contributed by atoms with van der Waals surface area (Å²) in [6.45, 7) is 0.231. The van der Waals surface area contributed by atoms with Crippen LogP contribution in [0.5, 0.6) is 28.9 Å². The molecule has 212 valence electrons. The van der Waals surface area contributed by atoms with E-state index in [1.54, 1.807) is 21.3 Å². The zero-order valence-electron chi connectivity index (χ0n) is 22.9. The van der Waals surface area contributed by atoms with Crippen LogP contribution >= 0.6 is 11.7 Å². The molecule has 1 saturated carbocycles. The summed E-state index contributed by atoms with van der Waals surface area (Å²) in [6.07, 6.45) is 2.86. The van der Waals surface area contributed by atoms with Gasteiger partial charge in [-0.1, -0.05) is 6.07 Å². The van der Waals surface area contributed by atoms with Gasteiger partial charge in [-0.05, 0) is 67.6 Å². The molecule has 1 aliphatic carbocycles. The molecule has 10 nitrogen and oxygen atoms in total. The maximum absolute atomic E-state index is 12.1. The lowest BCUT2D eigenvalue weighted by Gasteiger charge is -2.17. The number of rotatable bonds is 9. The molecule has 1 aliphatic rings. The van der Waals surface area contributed by atoms with Crippen molar-refractivity contribution in [2.24, 2.45) is 0 Å². The summed E-state index contributed by atoms with van der Waals surface area (Å²) in [5.74, 6) is 2.57. The summed E-state index contributed by atoms with van der Waals surface area (Å²) in [7, 11) is 4.78. The van der Waals surface area contributed by atoms with E-state index >= 15 is 0 Å². The number of hydrogen-bond acceptors (Lipinski definition) is 9. The molecule has 2 aromatic heterocycles. The highest BCUT2D eigenvalue weighted by Gasteiger charge is 2.27. The molecule has 1 N–H and O–H groups in total. The molecule has 0 aliphatic heterocycles. The summed E-state index contributed by atoms with van der Waals surface area (Å²) in [5, 5.41) is 10.6. The van der Waals surface area contributed by atoms with E-state index in [0.29, 0.717) is 39.6 Å². The lowest BCUT2D eigenvalue weighted by molar-refractivity contribution is 0.141. The van der Waals surface area contributed by atoms with Gasteiger partial charge in [0.05, 0.1) is 56.8 Å². The maximum Gasteiger partial charge on any atom is 0.512 e. The highest BCUT2D eigenvalue weighted by atomic mass is 32.1. The van der Waals surface area contributed by atoms with Gasteiger partial charge in [-0.25, -0.2) is 4.79 Å². The van der Waals surface area contributed by atoms with Crippen molar-refractivity contribution in [2.75, 3.05) is 21.3 Å². The van der Waals surface area contributed by atoms with Crippen molar-refractivity contribution in [3.8, 4) is 40.0 Å². The standard InChI is InChI=1S/C30H29N3O7S/c1-36-20-9-11-25(37-2)18(12-20)16-33-24-15-27(39-19-6-4-5-7-19)26(38-3)14-21(24)28(29(33)40-30(34)35)17-8-10-22-23(13-17)32-41-31-22/h8-15,19H,4-7,16H2,1-3H3,(H,34,35). The molecule has 0 unspecified atom stereocenters. The molecule has 2 heterocycles. The Labute approximate surface area is 240 Å². The van der Waals surface area contributed by atoms with Crippen LogP contribution in [0.2, 0.25) is 0 Å². The quantitative estimate of drug-likeness (QED) is 0.190. The fourth-order valence-corrected chi connectivity index (χ4v) is 6.03. The smallest absolute Gasteiger partial charge is 0.497 e. The average Bonchev–Trinajstić information content (AvgIpc) is 3.72. The van der Waals surface area contributed by atoms with Gasteiger partial charge in [-0.3, -0.25) is 0 Å². The normalized spacial score (nSPS) is 13.5. The molecule has 0 spiro atoms. The lowest BCUT2D eigenvalue weighted by Crippen LogP contribution is -2.12. The Hall–Kier alpha value is -4.51. The first-order valence-corrected chi connectivity index (χ1v) is 14.0. The number of hydrogen-bond donors (Lipinski definition) is 1. The van der Waals surface area contributed by atoms with Gasteiger partial charge in [0.15, 0.2) is 11.5 Å². The Morgan fingerprint density at radius 2 is 1.71 bits per heavy atom. The van der Waals surface area contributed by atoms with Crippen molar-refractivity contribution < 1.29 is 33.6 Å². The van der Waals surface area contributed by atoms with Crippen molar-refractivity contribution in [3.63, 3.8) is 0 Å². The Balaban J connectivity index is 1.63. The lowest BCUT2D eigenvalue weighted by atomic mass is 10.0. The maximum atomic E-state index is 12.1. The second kappa shape index (κ2) is 11.2. The fourth-order valence-electron chi connectivity index (χ4n) is 5.51. The Kier molecular flexibility index (Phi) is 7.27. The number of nitrogens with zero attached hydrogens (tertiary/aromatic N) is 3. The molecule has 11 heteroatoms. The van der Waals surface area contributed by atoms with Crippen molar-refractivity contribution in [1.29, 1.82) is 0 Å². The molecule has 0 bridgehead atoms. The van der Waals surface area contributed by atoms with E-state index in [1.165, 1.54) is 0 Å². The Morgan fingerprint density at radius 3 is 2.44 bits per heavy atom. The highest BCUT2D eigenvalue weighted by Crippen LogP contribution is 2.46. The largest absolute Gasteiger partial charge is 0.512 e. The molecule has 0 saturated heterocycles. The number of aromatic nitrogens is 3. The Morgan fingerprint density at radius 1 is 0.927 bits per heavy atom. The van der Waals surface area contributed by atoms with Gasteiger partial charge in [0, 0.05) is 17.0 Å². The van der Waals surface area contributed by atoms with Crippen LogP contribution in [0.4, 0.5) is 4.79 Å². The number of ether oxygens (including phenoxy) is 5. The molecule has 0 atom stereocenters. The third-order valence-electron chi connectivity index (χ3n) is 7.44. The molecular weight excluding hydrogens is 546 g/mol. The van der Waals surface area contributed by atoms with Crippen LogP contribution < -0.4 is 23.7 Å². The number of methoxy groups -OCH3 is 3. The van der Waals surface area contributed by atoms with E-state index in [1.807, 2.05) is 53.1 Å². The minimum absolute atomic E-state index is 0.0945. The summed E-state index contributed by atoms with van der Waals surface area (Å²) in [4.78, 5) is 12.1. The average molecular weight is 576 g/mol. The predicted octanol–water partition coefficient (Wildman–Crippen LogP) is 6.77. The van der Waals surface area contributed by atoms with E-state index < -0.39 is 6.16 Å². The van der Waals surface area contributed by atoms with Gasteiger partial charge in [-0.2, -0.15) is 8.75 Å². The van der Waals surface area contributed by atoms with Gasteiger partial charge >= 0.3 is 6.16 Å². The van der Waals surface area contributed by atoms with Gasteiger partial charge in [0.25, 0.3) is 0 Å². The minimum Gasteiger partial charge on any atom is -0.497 e. The van der Waals surface area contributed by atoms with Crippen LogP contribution in [0.1, 0.15) is 31.2 Å². The third kappa shape index (κ3) is 5.08. The van der Waals surface area contributed by atoms with Crippen LogP contribution in [0.25, 0.3) is 33.1 Å². The third-order valence-corrected chi connectivity index (χ3v) is 8.00. The van der Waals surface area contributed by atoms with Gasteiger partial charge in [0.1, 0.15) is 22.5 Å². The summed E-state index contributed by atoms with van der Waals surface area (Å²) in [6, 6.07) is 14.9. The topological polar surface area (TPSA) is 114 Å². The summed E-state index contributed by atoms with van der Waals surface area (Å²) >= 11 is 1.12. The predicted molar refractivity (Wildman–Crippen MR) is 155 cm³/mol. The van der Waals surface area contributed by atoms with Crippen molar-refractivity contribution in [2.45, 2.75) is 38.3 Å². The monoisotopic (exact) mass is 575 g/mol. The molecule has 3 aromatic carbocycles. The second-order valence-electron chi connectivity index (χ2n) is 9.82. The van der Waals surface area contributed by atoms with Crippen LogP contribution in [0.3, 0.4) is 0 Å². The fraction of sp³-hybridized carbons (Fsp3) is 0.300. The number of benzene rings is 3. The minimum atomic E-state index is -1.43. The molecule has 6 rings (SSSR count). The molecule has 0 amide bonds. The van der Waals surface area contributed by atoms with E-state index in [0.717, 1.165) is 59.4 Å². The van der Waals surface area contributed by atoms with E-state index in [2.05, 4.69) is 8.75 Å². The van der Waals surface area contributed by atoms with E-state index in [9.17, 15) is 9.90 Å².